The molecule has 0 aliphatic carbocycles. The third-order valence-corrected chi connectivity index (χ3v) is 4.63. The molecule has 1 fully saturated rings. The molecule has 0 atom stereocenters. The minimum atomic E-state index is -0.772. The number of hydrogen-bond acceptors (Lipinski definition) is 6. The predicted octanol–water partition coefficient (Wildman–Crippen LogP) is 1.47. The first kappa shape index (κ1) is 17.1. The topological polar surface area (TPSA) is 76.5 Å². The third kappa shape index (κ3) is 2.85. The lowest BCUT2D eigenvalue weighted by molar-refractivity contribution is 0.00578. The second-order valence-electron chi connectivity index (χ2n) is 6.83. The number of benzene rings is 1. The second kappa shape index (κ2) is 5.95. The van der Waals surface area contributed by atoms with E-state index in [0.29, 0.717) is 28.9 Å². The number of hydrogen-bond donors (Lipinski definition) is 2. The van der Waals surface area contributed by atoms with E-state index in [0.717, 1.165) is 0 Å². The van der Waals surface area contributed by atoms with Crippen molar-refractivity contribution in [1.82, 2.24) is 9.97 Å². The first-order valence-electron chi connectivity index (χ1n) is 7.91. The summed E-state index contributed by atoms with van der Waals surface area (Å²) in [5.41, 5.74) is -0.259. The van der Waals surface area contributed by atoms with Crippen LogP contribution in [0.15, 0.2) is 18.3 Å². The molecule has 0 bridgehead atoms. The maximum atomic E-state index is 14.9. The lowest BCUT2D eigenvalue weighted by Gasteiger charge is -2.32. The van der Waals surface area contributed by atoms with E-state index in [9.17, 15) is 4.39 Å². The van der Waals surface area contributed by atoms with Crippen molar-refractivity contribution in [2.24, 2.45) is 0 Å². The Morgan fingerprint density at radius 3 is 2.50 bits per heavy atom. The molecule has 1 aromatic carbocycles. The van der Waals surface area contributed by atoms with E-state index >= 15 is 0 Å². The third-order valence-electron chi connectivity index (χ3n) is 4.63. The van der Waals surface area contributed by atoms with Crippen LogP contribution in [-0.4, -0.2) is 46.5 Å². The van der Waals surface area contributed by atoms with Gasteiger partial charge in [0, 0.05) is 18.2 Å². The average Bonchev–Trinajstić information content (AvgIpc) is 2.73. The number of nitrogens with one attached hydrogen (secondary N) is 1. The number of aliphatic hydroxyl groups is 1. The van der Waals surface area contributed by atoms with Crippen molar-refractivity contribution in [1.29, 1.82) is 0 Å². The summed E-state index contributed by atoms with van der Waals surface area (Å²) >= 11 is 0. The summed E-state index contributed by atoms with van der Waals surface area (Å²) in [5.74, 6) is -0.0981. The summed E-state index contributed by atoms with van der Waals surface area (Å²) in [6.45, 7) is 8.00. The molecule has 2 aromatic rings. The van der Waals surface area contributed by atoms with Crippen LogP contribution in [0.5, 0.6) is 0 Å². The van der Waals surface area contributed by atoms with Gasteiger partial charge in [0.25, 0.3) is 0 Å². The molecule has 0 saturated carbocycles. The number of rotatable bonds is 4. The Labute approximate surface area is 140 Å². The molecule has 3 rings (SSSR count). The van der Waals surface area contributed by atoms with Gasteiger partial charge >= 0.3 is 7.12 Å². The van der Waals surface area contributed by atoms with Crippen LogP contribution < -0.4 is 10.8 Å². The van der Waals surface area contributed by atoms with Crippen LogP contribution in [0, 0.1) is 5.82 Å². The highest BCUT2D eigenvalue weighted by Gasteiger charge is 2.52. The van der Waals surface area contributed by atoms with Crippen LogP contribution in [0.25, 0.3) is 10.9 Å². The van der Waals surface area contributed by atoms with Crippen LogP contribution in [-0.2, 0) is 9.31 Å². The Hall–Kier alpha value is -1.77. The molecule has 24 heavy (non-hydrogen) atoms. The molecule has 128 valence electrons. The number of fused-ring (bicyclic) bond motifs is 1. The van der Waals surface area contributed by atoms with E-state index in [1.165, 1.54) is 6.20 Å². The van der Waals surface area contributed by atoms with Crippen molar-refractivity contribution in [3.63, 3.8) is 0 Å². The molecule has 8 heteroatoms. The number of nitrogens with zero attached hydrogens (tertiary/aromatic N) is 2. The van der Waals surface area contributed by atoms with E-state index in [1.807, 2.05) is 27.7 Å². The molecular formula is C16H21BFN3O3. The molecule has 1 aliphatic rings. The quantitative estimate of drug-likeness (QED) is 0.826. The number of halogens is 1. The summed E-state index contributed by atoms with van der Waals surface area (Å²) in [4.78, 5) is 8.32. The molecule has 6 nitrogen and oxygen atoms in total. The van der Waals surface area contributed by atoms with E-state index in [4.69, 9.17) is 14.4 Å². The molecule has 0 unspecified atom stereocenters. The van der Waals surface area contributed by atoms with Gasteiger partial charge in [-0.15, -0.1) is 0 Å². The Morgan fingerprint density at radius 2 is 1.88 bits per heavy atom. The van der Waals surface area contributed by atoms with Crippen LogP contribution in [0.4, 0.5) is 10.3 Å². The van der Waals surface area contributed by atoms with Crippen molar-refractivity contribution >= 4 is 29.4 Å². The molecule has 0 spiro atoms. The minimum Gasteiger partial charge on any atom is -0.399 e. The fourth-order valence-electron chi connectivity index (χ4n) is 2.49. The van der Waals surface area contributed by atoms with Gasteiger partial charge in [-0.25, -0.2) is 14.4 Å². The summed E-state index contributed by atoms with van der Waals surface area (Å²) in [7, 11) is -0.772. The summed E-state index contributed by atoms with van der Waals surface area (Å²) < 4.78 is 26.7. The fraction of sp³-hybridized carbons (Fsp3) is 0.500. The average molecular weight is 333 g/mol. The zero-order valence-corrected chi connectivity index (χ0v) is 14.3. The maximum Gasteiger partial charge on any atom is 0.497 e. The molecule has 0 amide bonds. The zero-order valence-electron chi connectivity index (χ0n) is 14.3. The standard InChI is InChI=1S/C16H21BFN3O3/c1-15(2)16(3,4)24-17(23-15)11-5-6-12-10(13(11)18)9-20-14(21-12)19-7-8-22/h5-6,9,22H,7-8H2,1-4H3,(H,19,20,21). The van der Waals surface area contributed by atoms with Crippen LogP contribution >= 0.6 is 0 Å². The second-order valence-corrected chi connectivity index (χ2v) is 6.83. The smallest absolute Gasteiger partial charge is 0.399 e. The van der Waals surface area contributed by atoms with Crippen LogP contribution in [0.1, 0.15) is 27.7 Å². The summed E-state index contributed by atoms with van der Waals surface area (Å²) in [5, 5.41) is 12.0. The highest BCUT2D eigenvalue weighted by molar-refractivity contribution is 6.62. The molecule has 2 heterocycles. The Kier molecular flexibility index (Phi) is 4.23. The van der Waals surface area contributed by atoms with E-state index in [2.05, 4.69) is 15.3 Å². The normalized spacial score (nSPS) is 19.0. The van der Waals surface area contributed by atoms with E-state index in [1.54, 1.807) is 12.1 Å². The fourth-order valence-corrected chi connectivity index (χ4v) is 2.49. The summed E-state index contributed by atoms with van der Waals surface area (Å²) in [6.07, 6.45) is 1.42. The van der Waals surface area contributed by atoms with Gasteiger partial charge < -0.3 is 19.7 Å². The minimum absolute atomic E-state index is 0.0311. The van der Waals surface area contributed by atoms with E-state index < -0.39 is 24.1 Å². The van der Waals surface area contributed by atoms with Crippen LogP contribution in [0.2, 0.25) is 0 Å². The lowest BCUT2D eigenvalue weighted by atomic mass is 9.78. The van der Waals surface area contributed by atoms with Crippen molar-refractivity contribution < 1.29 is 18.8 Å². The highest BCUT2D eigenvalue weighted by atomic mass is 19.1. The van der Waals surface area contributed by atoms with Gasteiger partial charge in [-0.1, -0.05) is 6.07 Å². The Morgan fingerprint density at radius 1 is 1.21 bits per heavy atom. The SMILES string of the molecule is CC1(C)OB(c2ccc3nc(NCCO)ncc3c2F)OC1(C)C. The molecule has 2 N–H and O–H groups in total. The first-order valence-corrected chi connectivity index (χ1v) is 7.91. The molecule has 1 saturated heterocycles. The van der Waals surface area contributed by atoms with Gasteiger partial charge in [0.05, 0.1) is 28.7 Å². The monoisotopic (exact) mass is 333 g/mol. The molecular weight excluding hydrogens is 312 g/mol. The van der Waals surface area contributed by atoms with Crippen molar-refractivity contribution in [2.75, 3.05) is 18.5 Å². The lowest BCUT2D eigenvalue weighted by Crippen LogP contribution is -2.41. The zero-order chi connectivity index (χ0) is 17.5. The summed E-state index contributed by atoms with van der Waals surface area (Å²) in [6, 6.07) is 3.34. The number of anilines is 1. The van der Waals surface area contributed by atoms with Gasteiger partial charge in [0.15, 0.2) is 0 Å². The van der Waals surface area contributed by atoms with Gasteiger partial charge in [0.1, 0.15) is 5.82 Å². The van der Waals surface area contributed by atoms with Gasteiger partial charge in [-0.2, -0.15) is 0 Å². The number of aliphatic hydroxyl groups excluding tert-OH is 1. The largest absolute Gasteiger partial charge is 0.497 e. The van der Waals surface area contributed by atoms with Crippen molar-refractivity contribution in [2.45, 2.75) is 38.9 Å². The predicted molar refractivity (Wildman–Crippen MR) is 90.8 cm³/mol. The maximum absolute atomic E-state index is 14.9. The van der Waals surface area contributed by atoms with Gasteiger partial charge in [-0.05, 0) is 33.8 Å². The van der Waals surface area contributed by atoms with Crippen molar-refractivity contribution in [3.05, 3.63) is 24.1 Å². The Bertz CT molecular complexity index is 754. The molecule has 1 aromatic heterocycles. The van der Waals surface area contributed by atoms with Crippen LogP contribution in [0.3, 0.4) is 0 Å². The van der Waals surface area contributed by atoms with Crippen molar-refractivity contribution in [3.8, 4) is 0 Å². The van der Waals surface area contributed by atoms with Gasteiger partial charge in [-0.3, -0.25) is 0 Å². The number of aromatic nitrogens is 2. The molecule has 0 radical (unpaired) electrons. The van der Waals surface area contributed by atoms with Gasteiger partial charge in [0.2, 0.25) is 5.95 Å². The first-order chi connectivity index (χ1) is 11.2. The Balaban J connectivity index is 1.95. The highest BCUT2D eigenvalue weighted by Crippen LogP contribution is 2.36. The van der Waals surface area contributed by atoms with E-state index in [-0.39, 0.29) is 6.61 Å². The molecule has 1 aliphatic heterocycles.